The Bertz CT molecular complexity index is 988. The normalized spacial score (nSPS) is 11.4. The third-order valence-corrected chi connectivity index (χ3v) is 4.37. The molecule has 0 radical (unpaired) electrons. The van der Waals surface area contributed by atoms with Crippen molar-refractivity contribution in [1.82, 2.24) is 9.97 Å². The number of anilines is 4. The molecule has 2 N–H and O–H groups in total. The van der Waals surface area contributed by atoms with Gasteiger partial charge in [0.1, 0.15) is 17.1 Å². The van der Waals surface area contributed by atoms with E-state index in [9.17, 15) is 13.2 Å². The van der Waals surface area contributed by atoms with Crippen LogP contribution in [0.15, 0.2) is 54.7 Å². The van der Waals surface area contributed by atoms with Crippen LogP contribution in [0.25, 0.3) is 0 Å². The maximum atomic E-state index is 13.5. The van der Waals surface area contributed by atoms with Crippen LogP contribution in [-0.4, -0.2) is 16.6 Å². The highest BCUT2D eigenvalue weighted by molar-refractivity contribution is 5.67. The van der Waals surface area contributed by atoms with Gasteiger partial charge in [0.25, 0.3) is 0 Å². The van der Waals surface area contributed by atoms with Crippen LogP contribution in [0.5, 0.6) is 5.75 Å². The molecule has 1 heterocycles. The molecule has 1 aromatic heterocycles. The minimum Gasteiger partial charge on any atom is -0.492 e. The van der Waals surface area contributed by atoms with E-state index < -0.39 is 11.7 Å². The Morgan fingerprint density at radius 1 is 1.00 bits per heavy atom. The molecule has 0 aliphatic carbocycles. The summed E-state index contributed by atoms with van der Waals surface area (Å²) in [5.41, 5.74) is 1.26. The van der Waals surface area contributed by atoms with Crippen LogP contribution in [0.2, 0.25) is 0 Å². The van der Waals surface area contributed by atoms with Gasteiger partial charge >= 0.3 is 6.18 Å². The lowest BCUT2D eigenvalue weighted by Gasteiger charge is -2.17. The van der Waals surface area contributed by atoms with E-state index in [0.717, 1.165) is 11.8 Å². The molecule has 8 heteroatoms. The van der Waals surface area contributed by atoms with Gasteiger partial charge in [-0.25, -0.2) is 4.98 Å². The van der Waals surface area contributed by atoms with Crippen LogP contribution < -0.4 is 15.4 Å². The van der Waals surface area contributed by atoms with Gasteiger partial charge in [-0.2, -0.15) is 18.2 Å². The van der Waals surface area contributed by atoms with E-state index in [-0.39, 0.29) is 11.8 Å². The molecule has 0 bridgehead atoms. The molecule has 0 spiro atoms. The Morgan fingerprint density at radius 2 is 1.70 bits per heavy atom. The average Bonchev–Trinajstić information content (AvgIpc) is 2.69. The van der Waals surface area contributed by atoms with Crippen molar-refractivity contribution < 1.29 is 17.9 Å². The highest BCUT2D eigenvalue weighted by atomic mass is 19.4. The summed E-state index contributed by atoms with van der Waals surface area (Å²) in [6.07, 6.45) is -3.84. The first kappa shape index (κ1) is 21.4. The fraction of sp³-hybridized carbons (Fsp3) is 0.273. The molecule has 0 fully saturated rings. The van der Waals surface area contributed by atoms with E-state index in [1.54, 1.807) is 31.2 Å². The fourth-order valence-corrected chi connectivity index (χ4v) is 2.80. The highest BCUT2D eigenvalue weighted by Gasteiger charge is 2.35. The molecule has 0 saturated carbocycles. The van der Waals surface area contributed by atoms with Gasteiger partial charge in [-0.05, 0) is 42.7 Å². The van der Waals surface area contributed by atoms with E-state index in [2.05, 4.69) is 34.4 Å². The SMILES string of the molecule is CCOc1ccccc1Nc1nc(Nc2ccc(C(C)C)cc2)ncc1C(F)(F)F. The molecule has 2 aromatic carbocycles. The minimum atomic E-state index is -4.61. The molecule has 0 aliphatic rings. The van der Waals surface area contributed by atoms with Gasteiger partial charge in [-0.1, -0.05) is 38.1 Å². The van der Waals surface area contributed by atoms with Gasteiger partial charge in [-0.3, -0.25) is 0 Å². The van der Waals surface area contributed by atoms with Crippen molar-refractivity contribution >= 4 is 23.1 Å². The first-order chi connectivity index (χ1) is 14.3. The first-order valence-corrected chi connectivity index (χ1v) is 9.58. The Morgan fingerprint density at radius 3 is 2.33 bits per heavy atom. The largest absolute Gasteiger partial charge is 0.492 e. The van der Waals surface area contributed by atoms with Crippen LogP contribution >= 0.6 is 0 Å². The van der Waals surface area contributed by atoms with Gasteiger partial charge in [0.2, 0.25) is 5.95 Å². The molecule has 3 aromatic rings. The quantitative estimate of drug-likeness (QED) is 0.460. The number of hydrogen-bond donors (Lipinski definition) is 2. The van der Waals surface area contributed by atoms with Gasteiger partial charge in [0.05, 0.1) is 12.3 Å². The predicted molar refractivity (Wildman–Crippen MR) is 112 cm³/mol. The zero-order valence-electron chi connectivity index (χ0n) is 16.9. The van der Waals surface area contributed by atoms with Crippen LogP contribution in [0.3, 0.4) is 0 Å². The van der Waals surface area contributed by atoms with E-state index >= 15 is 0 Å². The smallest absolute Gasteiger partial charge is 0.421 e. The van der Waals surface area contributed by atoms with Crippen molar-refractivity contribution in [2.45, 2.75) is 32.9 Å². The van der Waals surface area contributed by atoms with E-state index in [1.165, 1.54) is 0 Å². The Hall–Kier alpha value is -3.29. The summed E-state index contributed by atoms with van der Waals surface area (Å²) < 4.78 is 46.0. The molecule has 158 valence electrons. The number of hydrogen-bond acceptors (Lipinski definition) is 5. The van der Waals surface area contributed by atoms with Crippen molar-refractivity contribution in [2.75, 3.05) is 17.2 Å². The topological polar surface area (TPSA) is 59.1 Å². The van der Waals surface area contributed by atoms with E-state index in [0.29, 0.717) is 29.6 Å². The number of benzene rings is 2. The maximum absolute atomic E-state index is 13.5. The third kappa shape index (κ3) is 5.20. The molecule has 5 nitrogen and oxygen atoms in total. The second-order valence-corrected chi connectivity index (χ2v) is 6.91. The summed E-state index contributed by atoms with van der Waals surface area (Å²) in [7, 11) is 0. The molecule has 30 heavy (non-hydrogen) atoms. The van der Waals surface area contributed by atoms with Crippen molar-refractivity contribution in [3.63, 3.8) is 0 Å². The van der Waals surface area contributed by atoms with Crippen LogP contribution in [0, 0.1) is 0 Å². The Kier molecular flexibility index (Phi) is 6.44. The highest BCUT2D eigenvalue weighted by Crippen LogP contribution is 2.37. The van der Waals surface area contributed by atoms with Crippen molar-refractivity contribution in [1.29, 1.82) is 0 Å². The number of rotatable bonds is 7. The standard InChI is InChI=1S/C22H23F3N4O/c1-4-30-19-8-6-5-7-18(19)28-20-17(22(23,24)25)13-26-21(29-20)27-16-11-9-15(10-12-16)14(2)3/h5-14H,4H2,1-3H3,(H2,26,27,28,29). The Labute approximate surface area is 173 Å². The summed E-state index contributed by atoms with van der Waals surface area (Å²) in [5.74, 6) is 0.510. The summed E-state index contributed by atoms with van der Waals surface area (Å²) in [6.45, 7) is 6.35. The fourth-order valence-electron chi connectivity index (χ4n) is 2.80. The van der Waals surface area contributed by atoms with E-state index in [4.69, 9.17) is 4.74 Å². The molecular formula is C22H23F3N4O. The van der Waals surface area contributed by atoms with Crippen molar-refractivity contribution in [3.8, 4) is 5.75 Å². The number of ether oxygens (including phenoxy) is 1. The van der Waals surface area contributed by atoms with Gasteiger partial charge in [-0.15, -0.1) is 0 Å². The number of aromatic nitrogens is 2. The minimum absolute atomic E-state index is 0.0525. The molecule has 3 rings (SSSR count). The average molecular weight is 416 g/mol. The molecule has 0 atom stereocenters. The lowest BCUT2D eigenvalue weighted by atomic mass is 10.0. The van der Waals surface area contributed by atoms with Crippen LogP contribution in [0.1, 0.15) is 37.8 Å². The third-order valence-electron chi connectivity index (χ3n) is 4.37. The summed E-state index contributed by atoms with van der Waals surface area (Å²) in [4.78, 5) is 7.93. The predicted octanol–water partition coefficient (Wildman–Crippen LogP) is 6.50. The monoisotopic (exact) mass is 416 g/mol. The lowest BCUT2D eigenvalue weighted by Crippen LogP contribution is -2.13. The lowest BCUT2D eigenvalue weighted by molar-refractivity contribution is -0.137. The molecule has 0 amide bonds. The van der Waals surface area contributed by atoms with Crippen LogP contribution in [0.4, 0.5) is 36.3 Å². The molecule has 0 saturated heterocycles. The molecule has 0 unspecified atom stereocenters. The van der Waals surface area contributed by atoms with Gasteiger partial charge in [0.15, 0.2) is 0 Å². The zero-order chi connectivity index (χ0) is 21.7. The number of halogens is 3. The number of nitrogens with one attached hydrogen (secondary N) is 2. The second kappa shape index (κ2) is 9.02. The van der Waals surface area contributed by atoms with Gasteiger partial charge in [0, 0.05) is 11.9 Å². The van der Waals surface area contributed by atoms with Gasteiger partial charge < -0.3 is 15.4 Å². The number of para-hydroxylation sites is 2. The van der Waals surface area contributed by atoms with Crippen molar-refractivity contribution in [3.05, 3.63) is 65.9 Å². The van der Waals surface area contributed by atoms with Crippen molar-refractivity contribution in [2.24, 2.45) is 0 Å². The number of alkyl halides is 3. The summed E-state index contributed by atoms with van der Waals surface area (Å²) in [5, 5.41) is 5.70. The number of nitrogens with zero attached hydrogens (tertiary/aromatic N) is 2. The first-order valence-electron chi connectivity index (χ1n) is 9.58. The summed E-state index contributed by atoms with van der Waals surface area (Å²) in [6, 6.07) is 14.3. The Balaban J connectivity index is 1.93. The summed E-state index contributed by atoms with van der Waals surface area (Å²) >= 11 is 0. The van der Waals surface area contributed by atoms with E-state index in [1.807, 2.05) is 24.3 Å². The maximum Gasteiger partial charge on any atom is 0.421 e. The van der Waals surface area contributed by atoms with Crippen LogP contribution in [-0.2, 0) is 6.18 Å². The zero-order valence-corrected chi connectivity index (χ0v) is 16.9. The second-order valence-electron chi connectivity index (χ2n) is 6.91. The molecular weight excluding hydrogens is 393 g/mol. The molecule has 0 aliphatic heterocycles.